The minimum absolute atomic E-state index is 0.754. The highest BCUT2D eigenvalue weighted by atomic mass is 15.3. The highest BCUT2D eigenvalue weighted by molar-refractivity contribution is 5.92. The maximum atomic E-state index is 4.39. The van der Waals surface area contributed by atoms with Crippen LogP contribution in [0.2, 0.25) is 0 Å². The number of H-pyrrole nitrogens is 1. The van der Waals surface area contributed by atoms with Gasteiger partial charge >= 0.3 is 0 Å². The van der Waals surface area contributed by atoms with Crippen molar-refractivity contribution < 1.29 is 0 Å². The van der Waals surface area contributed by atoms with Gasteiger partial charge in [-0.2, -0.15) is 10.2 Å². The molecule has 0 fully saturated rings. The number of aryl methyl sites for hydroxylation is 2. The Labute approximate surface area is 120 Å². The molecule has 0 spiro atoms. The van der Waals surface area contributed by atoms with Crippen LogP contribution >= 0.6 is 0 Å². The number of benzene rings is 1. The minimum Gasteiger partial charge on any atom is -0.339 e. The molecule has 104 valence electrons. The molecule has 3 heterocycles. The topological polar surface area (TPSA) is 84.3 Å². The van der Waals surface area contributed by atoms with Crippen molar-refractivity contribution >= 4 is 33.4 Å². The van der Waals surface area contributed by atoms with E-state index >= 15 is 0 Å². The molecular formula is C14H13N7. The molecule has 0 aliphatic heterocycles. The predicted molar refractivity (Wildman–Crippen MR) is 80.4 cm³/mol. The molecule has 0 saturated carbocycles. The zero-order chi connectivity index (χ0) is 14.4. The zero-order valence-electron chi connectivity index (χ0n) is 11.6. The number of rotatable bonds is 2. The van der Waals surface area contributed by atoms with Crippen LogP contribution in [0.4, 0.5) is 11.5 Å². The second kappa shape index (κ2) is 4.27. The molecule has 7 heteroatoms. The smallest absolute Gasteiger partial charge is 0.163 e. The number of hydrogen-bond donors (Lipinski definition) is 2. The Morgan fingerprint density at radius 3 is 3.05 bits per heavy atom. The molecule has 0 unspecified atom stereocenters. The third-order valence-electron chi connectivity index (χ3n) is 3.50. The first-order chi connectivity index (χ1) is 10.2. The van der Waals surface area contributed by atoms with E-state index in [0.29, 0.717) is 0 Å². The van der Waals surface area contributed by atoms with Crippen LogP contribution in [0.3, 0.4) is 0 Å². The summed E-state index contributed by atoms with van der Waals surface area (Å²) in [7, 11) is 1.88. The van der Waals surface area contributed by atoms with Crippen molar-refractivity contribution in [1.29, 1.82) is 0 Å². The molecular weight excluding hydrogens is 266 g/mol. The van der Waals surface area contributed by atoms with Crippen molar-refractivity contribution in [3.63, 3.8) is 0 Å². The molecule has 7 nitrogen and oxygen atoms in total. The molecule has 3 aromatic heterocycles. The number of nitrogens with one attached hydrogen (secondary N) is 2. The van der Waals surface area contributed by atoms with Gasteiger partial charge in [-0.05, 0) is 25.1 Å². The second-order valence-electron chi connectivity index (χ2n) is 4.93. The van der Waals surface area contributed by atoms with Crippen LogP contribution in [0.15, 0.2) is 30.7 Å². The third-order valence-corrected chi connectivity index (χ3v) is 3.50. The third kappa shape index (κ3) is 1.82. The second-order valence-corrected chi connectivity index (χ2v) is 4.93. The lowest BCUT2D eigenvalue weighted by atomic mass is 10.2. The summed E-state index contributed by atoms with van der Waals surface area (Å²) in [5.41, 5.74) is 3.63. The first-order valence-corrected chi connectivity index (χ1v) is 6.57. The maximum Gasteiger partial charge on any atom is 0.163 e. The summed E-state index contributed by atoms with van der Waals surface area (Å²) in [5, 5.41) is 16.7. The van der Waals surface area contributed by atoms with E-state index in [-0.39, 0.29) is 0 Å². The lowest BCUT2D eigenvalue weighted by molar-refractivity contribution is 0.773. The highest BCUT2D eigenvalue weighted by Crippen LogP contribution is 2.26. The van der Waals surface area contributed by atoms with E-state index in [1.54, 1.807) is 17.2 Å². The number of hydrogen-bond acceptors (Lipinski definition) is 5. The average Bonchev–Trinajstić information content (AvgIpc) is 3.04. The number of aromatic nitrogens is 6. The van der Waals surface area contributed by atoms with Crippen LogP contribution in [-0.2, 0) is 7.05 Å². The fourth-order valence-corrected chi connectivity index (χ4v) is 2.52. The monoisotopic (exact) mass is 279 g/mol. The molecule has 2 N–H and O–H groups in total. The molecule has 0 aliphatic carbocycles. The predicted octanol–water partition coefficient (Wildman–Crippen LogP) is 2.29. The molecule has 0 aliphatic rings. The van der Waals surface area contributed by atoms with Crippen molar-refractivity contribution in [2.45, 2.75) is 6.92 Å². The van der Waals surface area contributed by atoms with Gasteiger partial charge in [0.05, 0.1) is 22.8 Å². The van der Waals surface area contributed by atoms with Crippen LogP contribution in [0.1, 0.15) is 5.69 Å². The van der Waals surface area contributed by atoms with Crippen molar-refractivity contribution in [3.8, 4) is 0 Å². The fraction of sp³-hybridized carbons (Fsp3) is 0.143. The maximum absolute atomic E-state index is 4.39. The Balaban J connectivity index is 1.83. The highest BCUT2D eigenvalue weighted by Gasteiger charge is 2.12. The molecule has 0 atom stereocenters. The summed E-state index contributed by atoms with van der Waals surface area (Å²) in [6, 6.07) is 6.01. The quantitative estimate of drug-likeness (QED) is 0.588. The van der Waals surface area contributed by atoms with Gasteiger partial charge < -0.3 is 5.32 Å². The van der Waals surface area contributed by atoms with Gasteiger partial charge in [-0.3, -0.25) is 9.78 Å². The SMILES string of the molecule is Cc1nn(C)c2ncnc(Nc3ccc4cn[nH]c4c3)c12. The van der Waals surface area contributed by atoms with Crippen molar-refractivity contribution in [2.75, 3.05) is 5.32 Å². The molecule has 0 bridgehead atoms. The number of nitrogens with zero attached hydrogens (tertiary/aromatic N) is 5. The van der Waals surface area contributed by atoms with E-state index in [9.17, 15) is 0 Å². The zero-order valence-corrected chi connectivity index (χ0v) is 11.6. The van der Waals surface area contributed by atoms with Crippen LogP contribution in [0, 0.1) is 6.92 Å². The Hall–Kier alpha value is -2.96. The van der Waals surface area contributed by atoms with Gasteiger partial charge in [0.2, 0.25) is 0 Å². The van der Waals surface area contributed by atoms with Crippen molar-refractivity contribution in [2.24, 2.45) is 7.05 Å². The fourth-order valence-electron chi connectivity index (χ4n) is 2.52. The lowest BCUT2D eigenvalue weighted by Crippen LogP contribution is -1.97. The molecule has 0 saturated heterocycles. The average molecular weight is 279 g/mol. The molecule has 0 amide bonds. The van der Waals surface area contributed by atoms with Crippen LogP contribution in [0.5, 0.6) is 0 Å². The lowest BCUT2D eigenvalue weighted by Gasteiger charge is -2.06. The minimum atomic E-state index is 0.754. The van der Waals surface area contributed by atoms with Gasteiger partial charge in [0.15, 0.2) is 5.65 Å². The summed E-state index contributed by atoms with van der Waals surface area (Å²) in [6.45, 7) is 1.95. The molecule has 4 rings (SSSR count). The Kier molecular flexibility index (Phi) is 2.41. The van der Waals surface area contributed by atoms with E-state index in [1.807, 2.05) is 32.2 Å². The van der Waals surface area contributed by atoms with Crippen LogP contribution < -0.4 is 5.32 Å². The van der Waals surface area contributed by atoms with E-state index in [2.05, 4.69) is 30.6 Å². The number of fused-ring (bicyclic) bond motifs is 2. The first kappa shape index (κ1) is 11.8. The van der Waals surface area contributed by atoms with E-state index in [4.69, 9.17) is 0 Å². The van der Waals surface area contributed by atoms with Crippen molar-refractivity contribution in [3.05, 3.63) is 36.4 Å². The number of aromatic amines is 1. The molecule has 0 radical (unpaired) electrons. The first-order valence-electron chi connectivity index (χ1n) is 6.57. The summed E-state index contributed by atoms with van der Waals surface area (Å²) in [6.07, 6.45) is 3.34. The largest absolute Gasteiger partial charge is 0.339 e. The number of anilines is 2. The Bertz CT molecular complexity index is 950. The summed E-state index contributed by atoms with van der Waals surface area (Å²) in [4.78, 5) is 8.62. The van der Waals surface area contributed by atoms with Crippen LogP contribution in [0.25, 0.3) is 21.9 Å². The van der Waals surface area contributed by atoms with Gasteiger partial charge in [0.25, 0.3) is 0 Å². The van der Waals surface area contributed by atoms with Gasteiger partial charge in [0.1, 0.15) is 12.1 Å². The van der Waals surface area contributed by atoms with Crippen molar-refractivity contribution in [1.82, 2.24) is 29.9 Å². The van der Waals surface area contributed by atoms with Gasteiger partial charge in [-0.25, -0.2) is 9.97 Å². The van der Waals surface area contributed by atoms with E-state index in [0.717, 1.165) is 39.1 Å². The molecule has 21 heavy (non-hydrogen) atoms. The Morgan fingerprint density at radius 1 is 1.24 bits per heavy atom. The molecule has 1 aromatic carbocycles. The van der Waals surface area contributed by atoms with E-state index < -0.39 is 0 Å². The Morgan fingerprint density at radius 2 is 2.14 bits per heavy atom. The van der Waals surface area contributed by atoms with Crippen LogP contribution in [-0.4, -0.2) is 29.9 Å². The normalized spacial score (nSPS) is 11.3. The van der Waals surface area contributed by atoms with E-state index in [1.165, 1.54) is 0 Å². The molecule has 4 aromatic rings. The summed E-state index contributed by atoms with van der Waals surface area (Å²) in [5.74, 6) is 0.754. The van der Waals surface area contributed by atoms with Gasteiger partial charge in [-0.15, -0.1) is 0 Å². The summed E-state index contributed by atoms with van der Waals surface area (Å²) >= 11 is 0. The standard InChI is InChI=1S/C14H13N7/c1-8-12-13(15-7-16-14(12)21(2)20-8)18-10-4-3-9-6-17-19-11(9)5-10/h3-7H,1-2H3,(H,17,19)(H,15,16,18). The summed E-state index contributed by atoms with van der Waals surface area (Å²) < 4.78 is 1.76. The van der Waals surface area contributed by atoms with Gasteiger partial charge in [-0.1, -0.05) is 0 Å². The van der Waals surface area contributed by atoms with Gasteiger partial charge in [0, 0.05) is 18.1 Å².